The first-order valence-electron chi connectivity index (χ1n) is 6.82. The van der Waals surface area contributed by atoms with Gasteiger partial charge >= 0.3 is 6.36 Å². The van der Waals surface area contributed by atoms with Crippen molar-refractivity contribution in [2.24, 2.45) is 0 Å². The molecule has 0 saturated carbocycles. The number of nitrogens with one attached hydrogen (secondary N) is 1. The average molecular weight is 339 g/mol. The van der Waals surface area contributed by atoms with Gasteiger partial charge in [-0.05, 0) is 31.5 Å². The maximum atomic E-state index is 12.4. The van der Waals surface area contributed by atoms with E-state index in [1.165, 1.54) is 12.1 Å². The Hall–Kier alpha value is -1.12. The van der Waals surface area contributed by atoms with Crippen LogP contribution >= 0.6 is 0 Å². The molecule has 1 aliphatic rings. The van der Waals surface area contributed by atoms with Crippen LogP contribution in [0.1, 0.15) is 26.3 Å². The summed E-state index contributed by atoms with van der Waals surface area (Å²) >= 11 is 0. The average Bonchev–Trinajstić information content (AvgIpc) is 2.37. The van der Waals surface area contributed by atoms with Gasteiger partial charge in [-0.3, -0.25) is 0 Å². The predicted octanol–water partition coefficient (Wildman–Crippen LogP) is 3.32. The summed E-state index contributed by atoms with van der Waals surface area (Å²) in [7, 11) is -1.81. The number of hydrogen-bond acceptors (Lipinski definition) is 3. The molecule has 126 valence electrons. The van der Waals surface area contributed by atoms with Gasteiger partial charge in [0.1, 0.15) is 16.7 Å². The Bertz CT molecular complexity index is 531. The van der Waals surface area contributed by atoms with E-state index in [4.69, 9.17) is 4.74 Å². The molecule has 1 aliphatic heterocycles. The quantitative estimate of drug-likeness (QED) is 0.915. The molecule has 1 unspecified atom stereocenters. The number of rotatable bonds is 4. The van der Waals surface area contributed by atoms with Crippen molar-refractivity contribution in [1.29, 1.82) is 0 Å². The van der Waals surface area contributed by atoms with E-state index in [0.717, 1.165) is 0 Å². The van der Waals surface area contributed by atoms with Crippen LogP contribution in [0.15, 0.2) is 23.1 Å². The van der Waals surface area contributed by atoms with Gasteiger partial charge in [0, 0.05) is 0 Å². The molecule has 1 saturated heterocycles. The molecule has 1 atom stereocenters. The van der Waals surface area contributed by atoms with Gasteiger partial charge in [-0.25, -0.2) is 8.93 Å². The van der Waals surface area contributed by atoms with Crippen LogP contribution in [-0.2, 0) is 15.7 Å². The Labute approximate surface area is 130 Å². The lowest BCUT2D eigenvalue weighted by Gasteiger charge is -2.38. The zero-order valence-corrected chi connectivity index (χ0v) is 13.7. The third-order valence-electron chi connectivity index (χ3n) is 2.70. The minimum atomic E-state index is -4.82. The van der Waals surface area contributed by atoms with Crippen LogP contribution < -0.4 is 9.46 Å². The summed E-state index contributed by atoms with van der Waals surface area (Å²) in [4.78, 5) is -0.0407. The molecule has 1 aromatic rings. The van der Waals surface area contributed by atoms with Gasteiger partial charge in [0.25, 0.3) is 0 Å². The lowest BCUT2D eigenvalue weighted by Crippen LogP contribution is -2.58. The molecular formula is C14H20F3NO3S. The Morgan fingerprint density at radius 1 is 1.32 bits per heavy atom. The van der Waals surface area contributed by atoms with Gasteiger partial charge < -0.3 is 9.47 Å². The third kappa shape index (κ3) is 5.26. The first kappa shape index (κ1) is 18.9. The van der Waals surface area contributed by atoms with E-state index in [1.54, 1.807) is 19.9 Å². The van der Waals surface area contributed by atoms with Crippen LogP contribution in [0.3, 0.4) is 0 Å². The zero-order chi connectivity index (χ0) is 17.0. The summed E-state index contributed by atoms with van der Waals surface area (Å²) in [5.41, 5.74) is 0.0915. The van der Waals surface area contributed by atoms with E-state index in [9.17, 15) is 17.4 Å². The second-order valence-electron chi connectivity index (χ2n) is 4.92. The summed E-state index contributed by atoms with van der Waals surface area (Å²) in [5.74, 6) is -0.452. The standard InChI is InChI=1S/C12H14F3NO3S.C2H6/c1-8-3-4-10(9(5-8)19-12(13,14)15)20(17)16-11(2)6-18-7-11;1-2/h3-5,16H,6-7H2,1-2H3;1-2H3. The Balaban J connectivity index is 0.00000116. The van der Waals surface area contributed by atoms with Crippen LogP contribution in [0.2, 0.25) is 0 Å². The van der Waals surface area contributed by atoms with Gasteiger partial charge in [0.05, 0.1) is 23.6 Å². The molecule has 1 heterocycles. The minimum absolute atomic E-state index is 0.0407. The minimum Gasteiger partial charge on any atom is -0.404 e. The van der Waals surface area contributed by atoms with Crippen molar-refractivity contribution >= 4 is 11.0 Å². The monoisotopic (exact) mass is 339 g/mol. The lowest BCUT2D eigenvalue weighted by molar-refractivity contribution is -0.275. The number of hydrogen-bond donors (Lipinski definition) is 1. The highest BCUT2D eigenvalue weighted by molar-refractivity contribution is 7.83. The second-order valence-corrected chi connectivity index (χ2v) is 6.10. The van der Waals surface area contributed by atoms with E-state index in [2.05, 4.69) is 9.46 Å². The first-order chi connectivity index (χ1) is 10.2. The number of ether oxygens (including phenoxy) is 2. The molecule has 0 bridgehead atoms. The number of halogens is 3. The van der Waals surface area contributed by atoms with Gasteiger partial charge in [-0.15, -0.1) is 13.2 Å². The van der Waals surface area contributed by atoms with Crippen LogP contribution in [0, 0.1) is 6.92 Å². The number of benzene rings is 1. The molecule has 1 aromatic carbocycles. The molecule has 0 aromatic heterocycles. The van der Waals surface area contributed by atoms with Gasteiger partial charge in [-0.1, -0.05) is 19.9 Å². The molecule has 4 nitrogen and oxygen atoms in total. The fraction of sp³-hybridized carbons (Fsp3) is 0.571. The van der Waals surface area contributed by atoms with E-state index >= 15 is 0 Å². The highest BCUT2D eigenvalue weighted by Gasteiger charge is 2.37. The topological polar surface area (TPSA) is 47.6 Å². The van der Waals surface area contributed by atoms with Crippen molar-refractivity contribution in [3.05, 3.63) is 23.8 Å². The molecule has 0 radical (unpaired) electrons. The Morgan fingerprint density at radius 2 is 1.91 bits per heavy atom. The summed E-state index contributed by atoms with van der Waals surface area (Å²) in [6.07, 6.45) is -4.82. The molecule has 2 rings (SSSR count). The van der Waals surface area contributed by atoms with Crippen LogP contribution in [0.4, 0.5) is 13.2 Å². The van der Waals surface area contributed by atoms with Crippen LogP contribution in [-0.4, -0.2) is 29.3 Å². The maximum absolute atomic E-state index is 12.4. The second kappa shape index (κ2) is 7.43. The molecule has 0 aliphatic carbocycles. The number of aryl methyl sites for hydroxylation is 1. The fourth-order valence-electron chi connectivity index (χ4n) is 1.72. The van der Waals surface area contributed by atoms with E-state index in [0.29, 0.717) is 18.8 Å². The Kier molecular flexibility index (Phi) is 6.39. The Morgan fingerprint density at radius 3 is 2.36 bits per heavy atom. The summed E-state index contributed by atoms with van der Waals surface area (Å²) in [6.45, 7) is 8.14. The predicted molar refractivity (Wildman–Crippen MR) is 78.0 cm³/mol. The summed E-state index contributed by atoms with van der Waals surface area (Å²) in [6, 6.07) is 4.15. The molecule has 1 fully saturated rings. The van der Waals surface area contributed by atoms with Crippen molar-refractivity contribution in [2.75, 3.05) is 13.2 Å². The van der Waals surface area contributed by atoms with E-state index < -0.39 is 28.6 Å². The van der Waals surface area contributed by atoms with Gasteiger partial charge in [0.2, 0.25) is 0 Å². The van der Waals surface area contributed by atoms with E-state index in [-0.39, 0.29) is 4.90 Å². The first-order valence-corrected chi connectivity index (χ1v) is 7.97. The molecule has 1 N–H and O–H groups in total. The highest BCUT2D eigenvalue weighted by Crippen LogP contribution is 2.30. The van der Waals surface area contributed by atoms with Crippen LogP contribution in [0.25, 0.3) is 0 Å². The van der Waals surface area contributed by atoms with Crippen molar-refractivity contribution in [3.63, 3.8) is 0 Å². The third-order valence-corrected chi connectivity index (χ3v) is 4.12. The summed E-state index contributed by atoms with van der Waals surface area (Å²) in [5, 5.41) is 0. The molecule has 0 spiro atoms. The van der Waals surface area contributed by atoms with Gasteiger partial charge in [-0.2, -0.15) is 0 Å². The van der Waals surface area contributed by atoms with Crippen molar-refractivity contribution in [3.8, 4) is 5.75 Å². The molecule has 8 heteroatoms. The molecule has 0 amide bonds. The summed E-state index contributed by atoms with van der Waals surface area (Å²) < 4.78 is 61.0. The SMILES string of the molecule is CC.Cc1ccc(S(=O)NC2(C)COC2)c(OC(F)(F)F)c1. The highest BCUT2D eigenvalue weighted by atomic mass is 32.2. The van der Waals surface area contributed by atoms with Crippen molar-refractivity contribution in [2.45, 2.75) is 44.5 Å². The van der Waals surface area contributed by atoms with Crippen molar-refractivity contribution < 1.29 is 26.9 Å². The lowest BCUT2D eigenvalue weighted by atomic mass is 10.0. The van der Waals surface area contributed by atoms with Crippen LogP contribution in [0.5, 0.6) is 5.75 Å². The maximum Gasteiger partial charge on any atom is 0.573 e. The van der Waals surface area contributed by atoms with Gasteiger partial charge in [0.15, 0.2) is 0 Å². The van der Waals surface area contributed by atoms with Crippen molar-refractivity contribution in [1.82, 2.24) is 4.72 Å². The molecule has 22 heavy (non-hydrogen) atoms. The fourth-order valence-corrected chi connectivity index (χ4v) is 2.87. The normalized spacial score (nSPS) is 17.8. The largest absolute Gasteiger partial charge is 0.573 e. The number of alkyl halides is 3. The zero-order valence-electron chi connectivity index (χ0n) is 12.9. The van der Waals surface area contributed by atoms with E-state index in [1.807, 2.05) is 13.8 Å². The smallest absolute Gasteiger partial charge is 0.404 e. The molecular weight excluding hydrogens is 319 g/mol.